The second-order valence-corrected chi connectivity index (χ2v) is 7.18. The van der Waals surface area contributed by atoms with Gasteiger partial charge in [0.2, 0.25) is 0 Å². The van der Waals surface area contributed by atoms with Crippen molar-refractivity contribution >= 4 is 0 Å². The summed E-state index contributed by atoms with van der Waals surface area (Å²) in [4.78, 5) is 0. The Bertz CT molecular complexity index is 277. The Morgan fingerprint density at radius 1 is 1.17 bits per heavy atom. The quantitative estimate of drug-likeness (QED) is 0.688. The molecule has 3 atom stereocenters. The van der Waals surface area contributed by atoms with E-state index in [1.165, 1.54) is 50.6 Å². The molecule has 0 aromatic carbocycles. The summed E-state index contributed by atoms with van der Waals surface area (Å²) < 4.78 is 0. The monoisotopic (exact) mass is 249 g/mol. The Labute approximate surface area is 113 Å². The maximum atomic E-state index is 4.14. The zero-order valence-electron chi connectivity index (χ0n) is 12.5. The molecule has 2 aliphatic carbocycles. The maximum absolute atomic E-state index is 4.14. The number of rotatable bonds is 6. The zero-order valence-corrected chi connectivity index (χ0v) is 12.5. The molecule has 0 saturated heterocycles. The van der Waals surface area contributed by atoms with E-state index in [4.69, 9.17) is 0 Å². The lowest BCUT2D eigenvalue weighted by Gasteiger charge is -2.38. The molecule has 1 heteroatoms. The standard InChI is InChI=1S/C17H31N/c1-12(2)9-16-10-14(13(3)4)5-6-15(16)11-18-17-7-8-17/h13-18H,1,5-11H2,2-4H3. The van der Waals surface area contributed by atoms with Crippen LogP contribution in [0.3, 0.4) is 0 Å². The van der Waals surface area contributed by atoms with Gasteiger partial charge in [-0.05, 0) is 75.7 Å². The van der Waals surface area contributed by atoms with Crippen molar-refractivity contribution in [2.75, 3.05) is 6.54 Å². The molecule has 2 saturated carbocycles. The van der Waals surface area contributed by atoms with E-state index in [0.717, 1.165) is 29.7 Å². The van der Waals surface area contributed by atoms with Crippen molar-refractivity contribution in [1.82, 2.24) is 5.32 Å². The molecule has 18 heavy (non-hydrogen) atoms. The van der Waals surface area contributed by atoms with E-state index < -0.39 is 0 Å². The summed E-state index contributed by atoms with van der Waals surface area (Å²) in [5, 5.41) is 3.74. The third kappa shape index (κ3) is 4.12. The molecule has 1 nitrogen and oxygen atoms in total. The molecule has 2 aliphatic rings. The third-order valence-corrected chi connectivity index (χ3v) is 4.98. The van der Waals surface area contributed by atoms with E-state index in [1.54, 1.807) is 0 Å². The molecule has 0 aromatic rings. The van der Waals surface area contributed by atoms with Crippen LogP contribution in [-0.4, -0.2) is 12.6 Å². The Morgan fingerprint density at radius 2 is 1.89 bits per heavy atom. The molecule has 0 aliphatic heterocycles. The Morgan fingerprint density at radius 3 is 2.44 bits per heavy atom. The van der Waals surface area contributed by atoms with Gasteiger partial charge in [-0.15, -0.1) is 6.58 Å². The topological polar surface area (TPSA) is 12.0 Å². The fraction of sp³-hybridized carbons (Fsp3) is 0.882. The molecule has 0 spiro atoms. The highest BCUT2D eigenvalue weighted by Crippen LogP contribution is 2.40. The number of hydrogen-bond acceptors (Lipinski definition) is 1. The van der Waals surface area contributed by atoms with Gasteiger partial charge in [0.1, 0.15) is 0 Å². The molecule has 2 fully saturated rings. The average molecular weight is 249 g/mol. The van der Waals surface area contributed by atoms with E-state index in [2.05, 4.69) is 32.7 Å². The minimum Gasteiger partial charge on any atom is -0.314 e. The highest BCUT2D eigenvalue weighted by Gasteiger charge is 2.32. The van der Waals surface area contributed by atoms with Crippen LogP contribution in [0.2, 0.25) is 0 Å². The van der Waals surface area contributed by atoms with Crippen LogP contribution in [-0.2, 0) is 0 Å². The minimum atomic E-state index is 0.856. The summed E-state index contributed by atoms with van der Waals surface area (Å²) >= 11 is 0. The van der Waals surface area contributed by atoms with Crippen LogP contribution in [0.4, 0.5) is 0 Å². The first-order chi connectivity index (χ1) is 8.56. The molecular weight excluding hydrogens is 218 g/mol. The van der Waals surface area contributed by atoms with Gasteiger partial charge >= 0.3 is 0 Å². The fourth-order valence-electron chi connectivity index (χ4n) is 3.54. The summed E-state index contributed by atoms with van der Waals surface area (Å²) in [7, 11) is 0. The normalized spacial score (nSPS) is 32.8. The summed E-state index contributed by atoms with van der Waals surface area (Å²) in [6.07, 6.45) is 8.38. The molecule has 2 rings (SSSR count). The molecule has 0 aromatic heterocycles. The largest absolute Gasteiger partial charge is 0.314 e. The van der Waals surface area contributed by atoms with Crippen LogP contribution in [0.1, 0.15) is 59.3 Å². The van der Waals surface area contributed by atoms with Crippen LogP contribution in [0.5, 0.6) is 0 Å². The van der Waals surface area contributed by atoms with Gasteiger partial charge in [-0.3, -0.25) is 0 Å². The van der Waals surface area contributed by atoms with E-state index in [1.807, 2.05) is 0 Å². The van der Waals surface area contributed by atoms with Crippen LogP contribution in [0, 0.1) is 23.7 Å². The van der Waals surface area contributed by atoms with Gasteiger partial charge in [0.25, 0.3) is 0 Å². The minimum absolute atomic E-state index is 0.856. The van der Waals surface area contributed by atoms with Crippen molar-refractivity contribution in [3.8, 4) is 0 Å². The number of hydrogen-bond donors (Lipinski definition) is 1. The lowest BCUT2D eigenvalue weighted by Crippen LogP contribution is -2.35. The highest BCUT2D eigenvalue weighted by molar-refractivity contribution is 4.95. The zero-order chi connectivity index (χ0) is 13.1. The van der Waals surface area contributed by atoms with Gasteiger partial charge < -0.3 is 5.32 Å². The molecule has 0 bridgehead atoms. The Kier molecular flexibility index (Phi) is 4.89. The van der Waals surface area contributed by atoms with E-state index in [-0.39, 0.29) is 0 Å². The number of allylic oxidation sites excluding steroid dienone is 1. The van der Waals surface area contributed by atoms with Crippen molar-refractivity contribution in [3.63, 3.8) is 0 Å². The second kappa shape index (κ2) is 6.23. The molecule has 0 radical (unpaired) electrons. The molecule has 3 unspecified atom stereocenters. The summed E-state index contributed by atoms with van der Waals surface area (Å²) in [6, 6.07) is 0.860. The average Bonchev–Trinajstić information content (AvgIpc) is 3.10. The first-order valence-corrected chi connectivity index (χ1v) is 7.94. The summed E-state index contributed by atoms with van der Waals surface area (Å²) in [6.45, 7) is 12.4. The first kappa shape index (κ1) is 14.1. The van der Waals surface area contributed by atoms with Crippen LogP contribution in [0.25, 0.3) is 0 Å². The predicted molar refractivity (Wildman–Crippen MR) is 79.6 cm³/mol. The maximum Gasteiger partial charge on any atom is 0.00683 e. The molecule has 0 heterocycles. The van der Waals surface area contributed by atoms with Gasteiger partial charge in [-0.25, -0.2) is 0 Å². The Balaban J connectivity index is 1.87. The lowest BCUT2D eigenvalue weighted by molar-refractivity contribution is 0.144. The van der Waals surface area contributed by atoms with Crippen molar-refractivity contribution in [1.29, 1.82) is 0 Å². The van der Waals surface area contributed by atoms with Crippen molar-refractivity contribution in [3.05, 3.63) is 12.2 Å². The fourth-order valence-corrected chi connectivity index (χ4v) is 3.54. The molecule has 0 amide bonds. The third-order valence-electron chi connectivity index (χ3n) is 4.98. The second-order valence-electron chi connectivity index (χ2n) is 7.18. The van der Waals surface area contributed by atoms with Gasteiger partial charge in [0.15, 0.2) is 0 Å². The first-order valence-electron chi connectivity index (χ1n) is 7.94. The van der Waals surface area contributed by atoms with Crippen molar-refractivity contribution in [2.24, 2.45) is 23.7 Å². The van der Waals surface area contributed by atoms with E-state index in [0.29, 0.717) is 0 Å². The van der Waals surface area contributed by atoms with Crippen LogP contribution in [0.15, 0.2) is 12.2 Å². The van der Waals surface area contributed by atoms with Gasteiger partial charge in [-0.1, -0.05) is 19.4 Å². The van der Waals surface area contributed by atoms with Crippen LogP contribution >= 0.6 is 0 Å². The van der Waals surface area contributed by atoms with E-state index in [9.17, 15) is 0 Å². The lowest BCUT2D eigenvalue weighted by atomic mass is 9.69. The van der Waals surface area contributed by atoms with Gasteiger partial charge in [0, 0.05) is 6.04 Å². The molecular formula is C17H31N. The summed E-state index contributed by atoms with van der Waals surface area (Å²) in [5.74, 6) is 3.59. The van der Waals surface area contributed by atoms with Crippen LogP contribution < -0.4 is 5.32 Å². The molecule has 104 valence electrons. The smallest absolute Gasteiger partial charge is 0.00683 e. The number of nitrogens with one attached hydrogen (secondary N) is 1. The molecule has 1 N–H and O–H groups in total. The van der Waals surface area contributed by atoms with Gasteiger partial charge in [0.05, 0.1) is 0 Å². The van der Waals surface area contributed by atoms with E-state index >= 15 is 0 Å². The summed E-state index contributed by atoms with van der Waals surface area (Å²) in [5.41, 5.74) is 1.38. The van der Waals surface area contributed by atoms with Gasteiger partial charge in [-0.2, -0.15) is 0 Å². The highest BCUT2D eigenvalue weighted by atomic mass is 14.9. The van der Waals surface area contributed by atoms with Crippen molar-refractivity contribution in [2.45, 2.75) is 65.3 Å². The predicted octanol–water partition coefficient (Wildman–Crippen LogP) is 4.39. The SMILES string of the molecule is C=C(C)CC1CC(C(C)C)CCC1CNC1CC1. The Hall–Kier alpha value is -0.300. The van der Waals surface area contributed by atoms with Crippen molar-refractivity contribution < 1.29 is 0 Å².